The molecule has 0 aliphatic carbocycles. The summed E-state index contributed by atoms with van der Waals surface area (Å²) in [6.07, 6.45) is 1.55. The van der Waals surface area contributed by atoms with Gasteiger partial charge in [-0.3, -0.25) is 0 Å². The lowest BCUT2D eigenvalue weighted by molar-refractivity contribution is 0.190. The molecule has 3 aromatic rings. The zero-order valence-electron chi connectivity index (χ0n) is 17.5. The predicted octanol–water partition coefficient (Wildman–Crippen LogP) is 4.44. The smallest absolute Gasteiger partial charge is 0.332 e. The van der Waals surface area contributed by atoms with Crippen LogP contribution in [0.1, 0.15) is 6.92 Å². The highest BCUT2D eigenvalue weighted by Gasteiger charge is 2.21. The average Bonchev–Trinajstić information content (AvgIpc) is 2.75. The highest BCUT2D eigenvalue weighted by atomic mass is 19.1. The Morgan fingerprint density at radius 3 is 2.61 bits per heavy atom. The fourth-order valence-corrected chi connectivity index (χ4v) is 2.89. The van der Waals surface area contributed by atoms with E-state index in [9.17, 15) is 9.18 Å². The Hall–Kier alpha value is -3.72. The zero-order valence-corrected chi connectivity index (χ0v) is 17.5. The molecule has 162 valence electrons. The molecule has 0 radical (unpaired) electrons. The number of benzene rings is 2. The van der Waals surface area contributed by atoms with Crippen LogP contribution >= 0.6 is 0 Å². The van der Waals surface area contributed by atoms with Gasteiger partial charge in [-0.25, -0.2) is 19.1 Å². The lowest BCUT2D eigenvalue weighted by Gasteiger charge is -2.23. The first-order chi connectivity index (χ1) is 15.0. The number of hydrogen-bond donors (Lipinski definition) is 2. The van der Waals surface area contributed by atoms with Crippen molar-refractivity contribution in [3.63, 3.8) is 0 Å². The van der Waals surface area contributed by atoms with E-state index in [1.54, 1.807) is 56.8 Å². The van der Waals surface area contributed by atoms with E-state index >= 15 is 0 Å². The second-order valence-electron chi connectivity index (χ2n) is 6.71. The molecule has 1 atom stereocenters. The Labute approximate surface area is 180 Å². The first-order valence-electron chi connectivity index (χ1n) is 9.59. The third kappa shape index (κ3) is 5.89. The lowest BCUT2D eigenvalue weighted by atomic mass is 10.2. The molecule has 1 heterocycles. The molecule has 1 aromatic heterocycles. The summed E-state index contributed by atoms with van der Waals surface area (Å²) in [6.45, 7) is 2.40. The van der Waals surface area contributed by atoms with Gasteiger partial charge >= 0.3 is 6.03 Å². The number of carbonyl (C=O) groups excluding carboxylic acids is 1. The fraction of sp³-hybridized carbons (Fsp3) is 0.227. The fourth-order valence-electron chi connectivity index (χ4n) is 2.89. The molecule has 2 aromatic carbocycles. The van der Waals surface area contributed by atoms with Crippen LogP contribution in [0, 0.1) is 5.82 Å². The number of hydrogen-bond acceptors (Lipinski definition) is 6. The van der Waals surface area contributed by atoms with Crippen molar-refractivity contribution >= 4 is 29.2 Å². The minimum atomic E-state index is -0.509. The van der Waals surface area contributed by atoms with E-state index in [0.29, 0.717) is 35.5 Å². The number of rotatable bonds is 8. The van der Waals surface area contributed by atoms with E-state index in [2.05, 4.69) is 20.6 Å². The molecule has 8 nitrogen and oxygen atoms in total. The molecule has 0 bridgehead atoms. The molecule has 0 saturated carbocycles. The third-order valence-corrected chi connectivity index (χ3v) is 4.27. The first kappa shape index (κ1) is 22.0. The van der Waals surface area contributed by atoms with E-state index in [0.717, 1.165) is 0 Å². The van der Waals surface area contributed by atoms with E-state index in [1.165, 1.54) is 23.1 Å². The summed E-state index contributed by atoms with van der Waals surface area (Å²) >= 11 is 0. The Balaban J connectivity index is 1.94. The minimum Gasteiger partial charge on any atom is -0.497 e. The van der Waals surface area contributed by atoms with E-state index in [-0.39, 0.29) is 6.04 Å². The molecule has 31 heavy (non-hydrogen) atoms. The number of amides is 2. The number of nitrogens with one attached hydrogen (secondary N) is 2. The maximum Gasteiger partial charge on any atom is 0.332 e. The highest BCUT2D eigenvalue weighted by Crippen LogP contribution is 2.27. The summed E-state index contributed by atoms with van der Waals surface area (Å²) in [4.78, 5) is 23.2. The van der Waals surface area contributed by atoms with Crippen molar-refractivity contribution in [1.29, 1.82) is 0 Å². The standard InChI is InChI=1S/C22H24FN5O3/c1-15(14-30-2)25-21-24-12-11-20(27-21)28(18-7-9-19(31-3)10-8-18)22(29)26-17-6-4-5-16(23)13-17/h4-13,15H,14H2,1-3H3,(H,26,29)(H,24,25,27)/t15-/m0/s1. The molecule has 2 N–H and O–H groups in total. The number of aromatic nitrogens is 2. The number of anilines is 4. The Bertz CT molecular complexity index is 1020. The average molecular weight is 425 g/mol. The van der Waals surface area contributed by atoms with Crippen molar-refractivity contribution in [1.82, 2.24) is 9.97 Å². The molecule has 0 fully saturated rings. The lowest BCUT2D eigenvalue weighted by Crippen LogP contribution is -2.32. The Kier molecular flexibility index (Phi) is 7.34. The molecule has 0 unspecified atom stereocenters. The number of nitrogens with zero attached hydrogens (tertiary/aromatic N) is 3. The van der Waals surface area contributed by atoms with Crippen molar-refractivity contribution in [3.05, 3.63) is 66.6 Å². The van der Waals surface area contributed by atoms with Gasteiger partial charge in [0.1, 0.15) is 17.4 Å². The van der Waals surface area contributed by atoms with Crippen LogP contribution in [0.25, 0.3) is 0 Å². The largest absolute Gasteiger partial charge is 0.497 e. The van der Waals surface area contributed by atoms with Crippen LogP contribution in [0.2, 0.25) is 0 Å². The van der Waals surface area contributed by atoms with E-state index < -0.39 is 11.8 Å². The maximum absolute atomic E-state index is 13.6. The van der Waals surface area contributed by atoms with Crippen LogP contribution in [0.4, 0.5) is 32.3 Å². The monoisotopic (exact) mass is 425 g/mol. The SMILES string of the molecule is COC[C@H](C)Nc1nccc(N(C(=O)Nc2cccc(F)c2)c2ccc(OC)cc2)n1. The normalized spacial score (nSPS) is 11.5. The van der Waals surface area contributed by atoms with Gasteiger partial charge in [-0.1, -0.05) is 6.07 Å². The number of methoxy groups -OCH3 is 2. The van der Waals surface area contributed by atoms with Crippen LogP contribution < -0.4 is 20.3 Å². The maximum atomic E-state index is 13.6. The molecular weight excluding hydrogens is 401 g/mol. The number of ether oxygens (including phenoxy) is 2. The van der Waals surface area contributed by atoms with Gasteiger partial charge in [-0.05, 0) is 49.4 Å². The van der Waals surface area contributed by atoms with Gasteiger partial charge in [0.2, 0.25) is 5.95 Å². The molecule has 0 aliphatic rings. The van der Waals surface area contributed by atoms with Crippen molar-refractivity contribution in [3.8, 4) is 5.75 Å². The van der Waals surface area contributed by atoms with Gasteiger partial charge in [0, 0.05) is 31.1 Å². The number of urea groups is 1. The summed E-state index contributed by atoms with van der Waals surface area (Å²) in [5.41, 5.74) is 0.869. The molecule has 0 aliphatic heterocycles. The quantitative estimate of drug-likeness (QED) is 0.555. The molecular formula is C22H24FN5O3. The van der Waals surface area contributed by atoms with Crippen molar-refractivity contribution in [2.75, 3.05) is 36.4 Å². The summed E-state index contributed by atoms with van der Waals surface area (Å²) in [5, 5.41) is 5.83. The van der Waals surface area contributed by atoms with Gasteiger partial charge in [0.05, 0.1) is 19.4 Å². The second-order valence-corrected chi connectivity index (χ2v) is 6.71. The highest BCUT2D eigenvalue weighted by molar-refractivity contribution is 6.06. The number of carbonyl (C=O) groups is 1. The third-order valence-electron chi connectivity index (χ3n) is 4.27. The second kappa shape index (κ2) is 10.4. The molecule has 0 saturated heterocycles. The van der Waals surface area contributed by atoms with Gasteiger partial charge in [-0.15, -0.1) is 0 Å². The van der Waals surface area contributed by atoms with Crippen LogP contribution in [-0.4, -0.2) is 42.9 Å². The predicted molar refractivity (Wildman–Crippen MR) is 118 cm³/mol. The van der Waals surface area contributed by atoms with E-state index in [1.807, 2.05) is 6.92 Å². The molecule has 3 rings (SSSR count). The van der Waals surface area contributed by atoms with Crippen LogP contribution in [0.5, 0.6) is 5.75 Å². The molecule has 2 amide bonds. The van der Waals surface area contributed by atoms with Crippen molar-refractivity contribution in [2.24, 2.45) is 0 Å². The first-order valence-corrected chi connectivity index (χ1v) is 9.59. The van der Waals surface area contributed by atoms with Gasteiger partial charge < -0.3 is 20.1 Å². The number of halogens is 1. The summed E-state index contributed by atoms with van der Waals surface area (Å²) in [5.74, 6) is 0.877. The summed E-state index contributed by atoms with van der Waals surface area (Å²) in [7, 11) is 3.17. The Morgan fingerprint density at radius 2 is 1.94 bits per heavy atom. The topological polar surface area (TPSA) is 88.6 Å². The van der Waals surface area contributed by atoms with Crippen molar-refractivity contribution < 1.29 is 18.7 Å². The van der Waals surface area contributed by atoms with Gasteiger partial charge in [-0.2, -0.15) is 4.98 Å². The van der Waals surface area contributed by atoms with Crippen LogP contribution in [0.3, 0.4) is 0 Å². The zero-order chi connectivity index (χ0) is 22.2. The van der Waals surface area contributed by atoms with Gasteiger partial charge in [0.15, 0.2) is 0 Å². The summed E-state index contributed by atoms with van der Waals surface area (Å²) in [6, 6.07) is 13.7. The molecule has 9 heteroatoms. The van der Waals surface area contributed by atoms with Crippen LogP contribution in [0.15, 0.2) is 60.8 Å². The van der Waals surface area contributed by atoms with E-state index in [4.69, 9.17) is 9.47 Å². The minimum absolute atomic E-state index is 0.0317. The summed E-state index contributed by atoms with van der Waals surface area (Å²) < 4.78 is 23.9. The Morgan fingerprint density at radius 1 is 1.16 bits per heavy atom. The van der Waals surface area contributed by atoms with Crippen LogP contribution in [-0.2, 0) is 4.74 Å². The van der Waals surface area contributed by atoms with Gasteiger partial charge in [0.25, 0.3) is 0 Å². The molecule has 0 spiro atoms. The van der Waals surface area contributed by atoms with Crippen molar-refractivity contribution in [2.45, 2.75) is 13.0 Å².